The molecule has 0 aliphatic carbocycles. The second-order valence-corrected chi connectivity index (χ2v) is 5.89. The minimum Gasteiger partial charge on any atom is -0.493 e. The van der Waals surface area contributed by atoms with Gasteiger partial charge in [-0.15, -0.1) is 0 Å². The molecule has 0 heterocycles. The van der Waals surface area contributed by atoms with Gasteiger partial charge in [-0.1, -0.05) is 30.3 Å². The van der Waals surface area contributed by atoms with Crippen molar-refractivity contribution in [3.05, 3.63) is 59.7 Å². The number of hydrogen-bond donors (Lipinski definition) is 2. The zero-order valence-electron chi connectivity index (χ0n) is 15.1. The van der Waals surface area contributed by atoms with Crippen LogP contribution in [0.15, 0.2) is 48.5 Å². The lowest BCUT2D eigenvalue weighted by molar-refractivity contribution is -0.139. The van der Waals surface area contributed by atoms with E-state index >= 15 is 0 Å². The van der Waals surface area contributed by atoms with Gasteiger partial charge in [0.25, 0.3) is 0 Å². The molecule has 0 saturated carbocycles. The molecule has 2 rings (SSSR count). The smallest absolute Gasteiger partial charge is 0.321 e. The van der Waals surface area contributed by atoms with Crippen LogP contribution in [0.4, 0.5) is 0 Å². The van der Waals surface area contributed by atoms with Crippen LogP contribution >= 0.6 is 0 Å². The van der Waals surface area contributed by atoms with Crippen molar-refractivity contribution < 1.29 is 24.2 Å². The molecule has 0 aliphatic rings. The van der Waals surface area contributed by atoms with Gasteiger partial charge < -0.3 is 14.6 Å². The number of methoxy groups -OCH3 is 2. The van der Waals surface area contributed by atoms with Crippen LogP contribution < -0.4 is 14.8 Å². The summed E-state index contributed by atoms with van der Waals surface area (Å²) in [7, 11) is 2.99. The number of aliphatic carboxylic acids is 1. The van der Waals surface area contributed by atoms with E-state index in [1.54, 1.807) is 18.2 Å². The average molecular weight is 357 g/mol. The van der Waals surface area contributed by atoms with Crippen molar-refractivity contribution in [2.45, 2.75) is 25.4 Å². The molecule has 138 valence electrons. The van der Waals surface area contributed by atoms with Crippen molar-refractivity contribution in [2.75, 3.05) is 14.2 Å². The molecule has 6 nitrogen and oxygen atoms in total. The Kier molecular flexibility index (Phi) is 6.74. The maximum atomic E-state index is 12.5. The first-order valence-electron chi connectivity index (χ1n) is 8.25. The third-order valence-corrected chi connectivity index (χ3v) is 4.14. The van der Waals surface area contributed by atoms with E-state index in [-0.39, 0.29) is 18.2 Å². The number of ether oxygens (including phenoxy) is 2. The second kappa shape index (κ2) is 9.01. The lowest BCUT2D eigenvalue weighted by Gasteiger charge is -2.20. The van der Waals surface area contributed by atoms with Crippen LogP contribution in [0.3, 0.4) is 0 Å². The summed E-state index contributed by atoms with van der Waals surface area (Å²) >= 11 is 0. The number of Topliss-reactive ketones (excluding diaryl/α,β-unsaturated/α-hetero) is 1. The Balaban J connectivity index is 2.12. The number of carboxylic acid groups (broad SMARTS) is 1. The molecule has 0 amide bonds. The number of hydrogen-bond acceptors (Lipinski definition) is 5. The summed E-state index contributed by atoms with van der Waals surface area (Å²) in [5, 5.41) is 12.5. The second-order valence-electron chi connectivity index (χ2n) is 5.89. The highest BCUT2D eigenvalue weighted by Gasteiger charge is 2.24. The molecule has 0 fully saturated rings. The molecule has 2 aromatic rings. The minimum atomic E-state index is -1.07. The van der Waals surface area contributed by atoms with Crippen molar-refractivity contribution in [3.63, 3.8) is 0 Å². The standard InChI is InChI=1S/C20H23NO5/c1-13(14-7-5-4-6-8-14)21-16(20(23)24)12-17(22)15-9-10-18(25-2)19(11-15)26-3/h4-11,13,16,21H,12H2,1-3H3,(H,23,24)/t13-,16-/m1/s1. The van der Waals surface area contributed by atoms with Gasteiger partial charge in [0, 0.05) is 18.0 Å². The number of carbonyl (C=O) groups is 2. The van der Waals surface area contributed by atoms with Crippen molar-refractivity contribution in [2.24, 2.45) is 0 Å². The highest BCUT2D eigenvalue weighted by Crippen LogP contribution is 2.28. The van der Waals surface area contributed by atoms with E-state index in [1.807, 2.05) is 37.3 Å². The largest absolute Gasteiger partial charge is 0.493 e. The van der Waals surface area contributed by atoms with E-state index in [4.69, 9.17) is 9.47 Å². The van der Waals surface area contributed by atoms with Crippen LogP contribution in [-0.2, 0) is 4.79 Å². The lowest BCUT2D eigenvalue weighted by Crippen LogP contribution is -2.40. The summed E-state index contributed by atoms with van der Waals surface area (Å²) in [6, 6.07) is 13.1. The molecule has 0 aliphatic heterocycles. The van der Waals surface area contributed by atoms with Gasteiger partial charge in [-0.3, -0.25) is 14.9 Å². The molecule has 0 aromatic heterocycles. The van der Waals surface area contributed by atoms with E-state index in [9.17, 15) is 14.7 Å². The summed E-state index contributed by atoms with van der Waals surface area (Å²) in [6.07, 6.45) is -0.165. The fourth-order valence-corrected chi connectivity index (χ4v) is 2.67. The Morgan fingerprint density at radius 3 is 2.27 bits per heavy atom. The Hall–Kier alpha value is -2.86. The van der Waals surface area contributed by atoms with Gasteiger partial charge in [0.1, 0.15) is 6.04 Å². The van der Waals surface area contributed by atoms with Gasteiger partial charge in [0.2, 0.25) is 0 Å². The third kappa shape index (κ3) is 4.83. The Labute approximate surface area is 152 Å². The molecule has 2 aromatic carbocycles. The van der Waals surface area contributed by atoms with Crippen molar-refractivity contribution >= 4 is 11.8 Å². The van der Waals surface area contributed by atoms with Gasteiger partial charge in [0.15, 0.2) is 17.3 Å². The predicted octanol–water partition coefficient (Wildman–Crippen LogP) is 3.08. The molecule has 2 atom stereocenters. The molecule has 26 heavy (non-hydrogen) atoms. The molecular weight excluding hydrogens is 334 g/mol. The van der Waals surface area contributed by atoms with E-state index in [0.29, 0.717) is 17.1 Å². The number of carbonyl (C=O) groups excluding carboxylic acids is 1. The predicted molar refractivity (Wildman–Crippen MR) is 97.9 cm³/mol. The molecule has 0 unspecified atom stereocenters. The Morgan fingerprint density at radius 1 is 1.04 bits per heavy atom. The highest BCUT2D eigenvalue weighted by atomic mass is 16.5. The quantitative estimate of drug-likeness (QED) is 0.671. The number of nitrogens with one attached hydrogen (secondary N) is 1. The topological polar surface area (TPSA) is 84.9 Å². The van der Waals surface area contributed by atoms with E-state index in [0.717, 1.165) is 5.56 Å². The van der Waals surface area contributed by atoms with Crippen LogP contribution in [0.25, 0.3) is 0 Å². The maximum absolute atomic E-state index is 12.5. The van der Waals surface area contributed by atoms with Crippen LogP contribution in [-0.4, -0.2) is 37.1 Å². The molecule has 2 N–H and O–H groups in total. The Bertz CT molecular complexity index is 760. The SMILES string of the molecule is COc1ccc(C(=O)C[C@@H](N[C@H](C)c2ccccc2)C(=O)O)cc1OC. The zero-order chi connectivity index (χ0) is 19.1. The summed E-state index contributed by atoms with van der Waals surface area (Å²) in [5.41, 5.74) is 1.33. The highest BCUT2D eigenvalue weighted by molar-refractivity contribution is 5.99. The summed E-state index contributed by atoms with van der Waals surface area (Å²) in [5.74, 6) is -0.418. The molecule has 0 radical (unpaired) electrons. The van der Waals surface area contributed by atoms with E-state index in [1.165, 1.54) is 14.2 Å². The number of ketones is 1. The Morgan fingerprint density at radius 2 is 1.69 bits per heavy atom. The van der Waals surface area contributed by atoms with Gasteiger partial charge in [0.05, 0.1) is 14.2 Å². The summed E-state index contributed by atoms with van der Waals surface area (Å²) in [6.45, 7) is 1.87. The summed E-state index contributed by atoms with van der Waals surface area (Å²) < 4.78 is 10.3. The monoisotopic (exact) mass is 357 g/mol. The number of rotatable bonds is 9. The van der Waals surface area contributed by atoms with Crippen molar-refractivity contribution in [3.8, 4) is 11.5 Å². The molecule has 0 spiro atoms. The number of benzene rings is 2. The first-order valence-corrected chi connectivity index (χ1v) is 8.25. The molecule has 0 saturated heterocycles. The maximum Gasteiger partial charge on any atom is 0.321 e. The van der Waals surface area contributed by atoms with Crippen LogP contribution in [0.1, 0.15) is 35.3 Å². The van der Waals surface area contributed by atoms with Gasteiger partial charge >= 0.3 is 5.97 Å². The third-order valence-electron chi connectivity index (χ3n) is 4.14. The average Bonchev–Trinajstić information content (AvgIpc) is 2.67. The fraction of sp³-hybridized carbons (Fsp3) is 0.300. The zero-order valence-corrected chi connectivity index (χ0v) is 15.1. The number of carboxylic acids is 1. The molecular formula is C20H23NO5. The first kappa shape index (κ1) is 19.5. The normalized spacial score (nSPS) is 12.9. The van der Waals surface area contributed by atoms with Gasteiger partial charge in [-0.25, -0.2) is 0 Å². The molecule has 0 bridgehead atoms. The van der Waals surface area contributed by atoms with Crippen molar-refractivity contribution in [1.29, 1.82) is 0 Å². The van der Waals surface area contributed by atoms with Crippen LogP contribution in [0, 0.1) is 0 Å². The lowest BCUT2D eigenvalue weighted by atomic mass is 10.0. The van der Waals surface area contributed by atoms with Crippen molar-refractivity contribution in [1.82, 2.24) is 5.32 Å². The summed E-state index contributed by atoms with van der Waals surface area (Å²) in [4.78, 5) is 24.1. The van der Waals surface area contributed by atoms with E-state index < -0.39 is 12.0 Å². The van der Waals surface area contributed by atoms with Crippen LogP contribution in [0.2, 0.25) is 0 Å². The van der Waals surface area contributed by atoms with Gasteiger partial charge in [-0.2, -0.15) is 0 Å². The fourth-order valence-electron chi connectivity index (χ4n) is 2.67. The first-order chi connectivity index (χ1) is 12.5. The minimum absolute atomic E-state index is 0.165. The van der Waals surface area contributed by atoms with Gasteiger partial charge in [-0.05, 0) is 30.7 Å². The van der Waals surface area contributed by atoms with Crippen LogP contribution in [0.5, 0.6) is 11.5 Å². The van der Waals surface area contributed by atoms with E-state index in [2.05, 4.69) is 5.32 Å². The molecule has 6 heteroatoms.